The van der Waals surface area contributed by atoms with Crippen LogP contribution < -0.4 is 0 Å². The highest BCUT2D eigenvalue weighted by atomic mass is 16.3. The Labute approximate surface area is 161 Å². The van der Waals surface area contributed by atoms with E-state index in [4.69, 9.17) is 0 Å². The van der Waals surface area contributed by atoms with Crippen LogP contribution in [0.25, 0.3) is 0 Å². The highest BCUT2D eigenvalue weighted by Gasteiger charge is 2.37. The summed E-state index contributed by atoms with van der Waals surface area (Å²) >= 11 is 0. The topological polar surface area (TPSA) is 43.8 Å². The number of benzene rings is 2. The zero-order chi connectivity index (χ0) is 18.8. The van der Waals surface area contributed by atoms with Gasteiger partial charge in [0.25, 0.3) is 0 Å². The summed E-state index contributed by atoms with van der Waals surface area (Å²) in [5, 5.41) is 9.63. The van der Waals surface area contributed by atoms with Crippen LogP contribution in [0, 0.1) is 6.92 Å². The molecule has 2 saturated heterocycles. The normalized spacial score (nSPS) is 21.7. The van der Waals surface area contributed by atoms with Gasteiger partial charge in [0, 0.05) is 13.1 Å². The van der Waals surface area contributed by atoms with E-state index in [9.17, 15) is 9.90 Å². The number of phenols is 1. The first-order chi connectivity index (χ1) is 13.1. The van der Waals surface area contributed by atoms with Crippen molar-refractivity contribution in [3.05, 3.63) is 65.2 Å². The van der Waals surface area contributed by atoms with E-state index in [2.05, 4.69) is 30.0 Å². The number of hydrogen-bond acceptors (Lipinski definition) is 3. The van der Waals surface area contributed by atoms with Crippen molar-refractivity contribution in [1.29, 1.82) is 0 Å². The summed E-state index contributed by atoms with van der Waals surface area (Å²) in [6.07, 6.45) is 3.09. The van der Waals surface area contributed by atoms with Crippen LogP contribution in [0.4, 0.5) is 0 Å². The van der Waals surface area contributed by atoms with Gasteiger partial charge in [0.05, 0.1) is 6.04 Å². The molecule has 0 bridgehead atoms. The van der Waals surface area contributed by atoms with Gasteiger partial charge in [-0.25, -0.2) is 0 Å². The number of aromatic hydroxyl groups is 1. The quantitative estimate of drug-likeness (QED) is 0.900. The van der Waals surface area contributed by atoms with Gasteiger partial charge in [0.1, 0.15) is 5.75 Å². The molecule has 142 valence electrons. The average Bonchev–Trinajstić information content (AvgIpc) is 3.03. The monoisotopic (exact) mass is 364 g/mol. The number of aryl methyl sites for hydroxylation is 1. The van der Waals surface area contributed by atoms with Crippen molar-refractivity contribution in [2.75, 3.05) is 19.6 Å². The second-order valence-electron chi connectivity index (χ2n) is 7.90. The van der Waals surface area contributed by atoms with E-state index in [1.54, 1.807) is 6.07 Å². The maximum Gasteiger partial charge on any atom is 0.240 e. The first kappa shape index (κ1) is 18.1. The lowest BCUT2D eigenvalue weighted by molar-refractivity contribution is -0.133. The third kappa shape index (κ3) is 3.86. The third-order valence-corrected chi connectivity index (χ3v) is 6.15. The molecule has 2 aromatic rings. The molecule has 27 heavy (non-hydrogen) atoms. The number of carbonyl (C=O) groups excluding carboxylic acids is 1. The smallest absolute Gasteiger partial charge is 0.240 e. The molecular formula is C23H28N2O2. The number of hydrogen-bond donors (Lipinski definition) is 1. The van der Waals surface area contributed by atoms with Gasteiger partial charge in [-0.05, 0) is 74.0 Å². The summed E-state index contributed by atoms with van der Waals surface area (Å²) in [5.41, 5.74) is 3.71. The van der Waals surface area contributed by atoms with Crippen LogP contribution in [-0.4, -0.2) is 46.5 Å². The van der Waals surface area contributed by atoms with Gasteiger partial charge >= 0.3 is 0 Å². The maximum absolute atomic E-state index is 12.9. The summed E-state index contributed by atoms with van der Waals surface area (Å²) in [6, 6.07) is 16.0. The lowest BCUT2D eigenvalue weighted by Crippen LogP contribution is -2.45. The standard InChI is InChI=1S/C23H28N2O2/c1-17-15-20(26)7-8-21(17)19-9-12-24(13-10-19)22-11-14-25(23(22)27)16-18-5-3-2-4-6-18/h2-8,15,19,22,26H,9-14,16H2,1H3. The van der Waals surface area contributed by atoms with Crippen LogP contribution in [0.1, 0.15) is 41.9 Å². The molecule has 1 N–H and O–H groups in total. The number of carbonyl (C=O) groups is 1. The van der Waals surface area contributed by atoms with Crippen molar-refractivity contribution in [2.45, 2.75) is 44.7 Å². The highest BCUT2D eigenvalue weighted by molar-refractivity contribution is 5.84. The van der Waals surface area contributed by atoms with Crippen LogP contribution in [0.5, 0.6) is 5.75 Å². The van der Waals surface area contributed by atoms with Crippen molar-refractivity contribution in [3.63, 3.8) is 0 Å². The van der Waals surface area contributed by atoms with E-state index >= 15 is 0 Å². The molecule has 0 saturated carbocycles. The van der Waals surface area contributed by atoms with Gasteiger partial charge in [-0.15, -0.1) is 0 Å². The molecule has 4 nitrogen and oxygen atoms in total. The summed E-state index contributed by atoms with van der Waals surface area (Å²) in [6.45, 7) is 5.60. The number of amides is 1. The summed E-state index contributed by atoms with van der Waals surface area (Å²) < 4.78 is 0. The highest BCUT2D eigenvalue weighted by Crippen LogP contribution is 2.33. The molecule has 4 rings (SSSR count). The fraction of sp³-hybridized carbons (Fsp3) is 0.435. The van der Waals surface area contributed by atoms with Crippen molar-refractivity contribution in [2.24, 2.45) is 0 Å². The molecule has 1 atom stereocenters. The maximum atomic E-state index is 12.9. The molecule has 0 aromatic heterocycles. The van der Waals surface area contributed by atoms with Crippen molar-refractivity contribution < 1.29 is 9.90 Å². The van der Waals surface area contributed by atoms with Gasteiger partial charge in [0.15, 0.2) is 0 Å². The molecule has 0 spiro atoms. The molecule has 4 heteroatoms. The Morgan fingerprint density at radius 2 is 1.74 bits per heavy atom. The zero-order valence-corrected chi connectivity index (χ0v) is 16.0. The minimum Gasteiger partial charge on any atom is -0.508 e. The first-order valence-corrected chi connectivity index (χ1v) is 9.98. The predicted octanol–water partition coefficient (Wildman–Crippen LogP) is 3.68. The predicted molar refractivity (Wildman–Crippen MR) is 107 cm³/mol. The number of nitrogens with zero attached hydrogens (tertiary/aromatic N) is 2. The molecule has 2 aliphatic heterocycles. The molecule has 1 amide bonds. The van der Waals surface area contributed by atoms with E-state index in [0.717, 1.165) is 45.4 Å². The Morgan fingerprint density at radius 3 is 2.44 bits per heavy atom. The number of likely N-dealkylation sites (tertiary alicyclic amines) is 2. The minimum atomic E-state index is 0.0515. The summed E-state index contributed by atoms with van der Waals surface area (Å²) in [4.78, 5) is 17.3. The van der Waals surface area contributed by atoms with Crippen molar-refractivity contribution in [3.8, 4) is 5.75 Å². The van der Waals surface area contributed by atoms with E-state index < -0.39 is 0 Å². The lowest BCUT2D eigenvalue weighted by Gasteiger charge is -2.35. The van der Waals surface area contributed by atoms with Crippen LogP contribution in [0.2, 0.25) is 0 Å². The Bertz CT molecular complexity index is 797. The van der Waals surface area contributed by atoms with E-state index in [-0.39, 0.29) is 11.9 Å². The van der Waals surface area contributed by atoms with Crippen LogP contribution >= 0.6 is 0 Å². The third-order valence-electron chi connectivity index (χ3n) is 6.15. The Hall–Kier alpha value is -2.33. The van der Waals surface area contributed by atoms with E-state index in [1.165, 1.54) is 16.7 Å². The largest absolute Gasteiger partial charge is 0.508 e. The fourth-order valence-electron chi connectivity index (χ4n) is 4.66. The molecule has 0 radical (unpaired) electrons. The molecule has 1 unspecified atom stereocenters. The minimum absolute atomic E-state index is 0.0515. The average molecular weight is 364 g/mol. The molecular weight excluding hydrogens is 336 g/mol. The molecule has 2 heterocycles. The lowest BCUT2D eigenvalue weighted by atomic mass is 9.86. The molecule has 2 aromatic carbocycles. The number of rotatable bonds is 4. The summed E-state index contributed by atoms with van der Waals surface area (Å²) in [5.74, 6) is 1.15. The SMILES string of the molecule is Cc1cc(O)ccc1C1CCN(C2CCN(Cc3ccccc3)C2=O)CC1. The van der Waals surface area contributed by atoms with Gasteiger partial charge < -0.3 is 10.0 Å². The molecule has 2 fully saturated rings. The first-order valence-electron chi connectivity index (χ1n) is 9.98. The van der Waals surface area contributed by atoms with Crippen LogP contribution in [-0.2, 0) is 11.3 Å². The van der Waals surface area contributed by atoms with Gasteiger partial charge in [0.2, 0.25) is 5.91 Å². The van der Waals surface area contributed by atoms with Crippen LogP contribution in [0.3, 0.4) is 0 Å². The Kier molecular flexibility index (Phi) is 5.17. The van der Waals surface area contributed by atoms with E-state index in [1.807, 2.05) is 29.2 Å². The Balaban J connectivity index is 1.35. The second kappa shape index (κ2) is 7.73. The molecule has 0 aliphatic carbocycles. The van der Waals surface area contributed by atoms with Crippen molar-refractivity contribution >= 4 is 5.91 Å². The second-order valence-corrected chi connectivity index (χ2v) is 7.90. The summed E-state index contributed by atoms with van der Waals surface area (Å²) in [7, 11) is 0. The number of phenolic OH excluding ortho intramolecular Hbond substituents is 1. The number of piperidine rings is 1. The van der Waals surface area contributed by atoms with Gasteiger partial charge in [-0.1, -0.05) is 36.4 Å². The van der Waals surface area contributed by atoms with Gasteiger partial charge in [-0.3, -0.25) is 9.69 Å². The zero-order valence-electron chi connectivity index (χ0n) is 16.0. The van der Waals surface area contributed by atoms with Crippen LogP contribution in [0.15, 0.2) is 48.5 Å². The fourth-order valence-corrected chi connectivity index (χ4v) is 4.66. The van der Waals surface area contributed by atoms with Crippen molar-refractivity contribution in [1.82, 2.24) is 9.80 Å². The van der Waals surface area contributed by atoms with Gasteiger partial charge in [-0.2, -0.15) is 0 Å². The Morgan fingerprint density at radius 1 is 1.00 bits per heavy atom. The van der Waals surface area contributed by atoms with E-state index in [0.29, 0.717) is 11.7 Å². The molecule has 2 aliphatic rings.